The minimum absolute atomic E-state index is 0.663. The van der Waals surface area contributed by atoms with E-state index in [1.165, 1.54) is 33.3 Å². The SMILES string of the molecule is N#Cc1cccc(-c2ccc(-n3c4c(c5ccccc53)-c3ccccc3N(c3ccccc3)c3ccccc3-4)cc2)c1. The molecule has 0 spiro atoms. The van der Waals surface area contributed by atoms with Crippen molar-refractivity contribution < 1.29 is 0 Å². The van der Waals surface area contributed by atoms with Crippen LogP contribution in [0.15, 0.2) is 152 Å². The van der Waals surface area contributed by atoms with Gasteiger partial charge in [-0.25, -0.2) is 0 Å². The number of nitriles is 1. The molecule has 8 rings (SSSR count). The van der Waals surface area contributed by atoms with Gasteiger partial charge in [0.2, 0.25) is 0 Å². The van der Waals surface area contributed by atoms with Crippen molar-refractivity contribution in [3.63, 3.8) is 0 Å². The molecule has 3 nitrogen and oxygen atoms in total. The first kappa shape index (κ1) is 24.0. The monoisotopic (exact) mass is 535 g/mol. The second-order valence-corrected chi connectivity index (χ2v) is 10.5. The quantitative estimate of drug-likeness (QED) is 0.225. The first-order valence-electron chi connectivity index (χ1n) is 14.1. The van der Waals surface area contributed by atoms with Gasteiger partial charge in [0, 0.05) is 33.5 Å². The molecule has 1 aliphatic rings. The highest BCUT2D eigenvalue weighted by molar-refractivity contribution is 6.12. The number of rotatable bonds is 3. The fourth-order valence-electron chi connectivity index (χ4n) is 6.34. The van der Waals surface area contributed by atoms with Gasteiger partial charge < -0.3 is 9.47 Å². The van der Waals surface area contributed by atoms with E-state index in [-0.39, 0.29) is 0 Å². The van der Waals surface area contributed by atoms with E-state index in [2.05, 4.69) is 149 Å². The first-order chi connectivity index (χ1) is 20.8. The van der Waals surface area contributed by atoms with Crippen molar-refractivity contribution in [3.05, 3.63) is 157 Å². The lowest BCUT2D eigenvalue weighted by Crippen LogP contribution is -2.11. The highest BCUT2D eigenvalue weighted by Crippen LogP contribution is 2.54. The molecule has 1 aliphatic heterocycles. The molecule has 1 aromatic heterocycles. The Labute approximate surface area is 244 Å². The van der Waals surface area contributed by atoms with Crippen LogP contribution in [0.3, 0.4) is 0 Å². The van der Waals surface area contributed by atoms with Gasteiger partial charge in [0.1, 0.15) is 0 Å². The molecule has 0 saturated heterocycles. The molecular weight excluding hydrogens is 510 g/mol. The van der Waals surface area contributed by atoms with Crippen molar-refractivity contribution in [2.45, 2.75) is 0 Å². The van der Waals surface area contributed by atoms with Gasteiger partial charge >= 0.3 is 0 Å². The van der Waals surface area contributed by atoms with Gasteiger partial charge in [0.05, 0.1) is 34.2 Å². The van der Waals surface area contributed by atoms with E-state index in [0.29, 0.717) is 5.56 Å². The molecule has 196 valence electrons. The van der Waals surface area contributed by atoms with E-state index in [4.69, 9.17) is 0 Å². The van der Waals surface area contributed by atoms with Crippen LogP contribution in [0, 0.1) is 11.3 Å². The fourth-order valence-corrected chi connectivity index (χ4v) is 6.34. The smallest absolute Gasteiger partial charge is 0.0991 e. The molecule has 0 saturated carbocycles. The van der Waals surface area contributed by atoms with Crippen LogP contribution >= 0.6 is 0 Å². The molecule has 42 heavy (non-hydrogen) atoms. The van der Waals surface area contributed by atoms with Gasteiger partial charge in [-0.15, -0.1) is 0 Å². The Bertz CT molecular complexity index is 2150. The molecule has 0 atom stereocenters. The van der Waals surface area contributed by atoms with Crippen LogP contribution in [-0.4, -0.2) is 4.57 Å². The summed E-state index contributed by atoms with van der Waals surface area (Å²) in [6, 6.07) is 55.5. The van der Waals surface area contributed by atoms with Crippen molar-refractivity contribution in [2.75, 3.05) is 4.90 Å². The van der Waals surface area contributed by atoms with E-state index in [9.17, 15) is 5.26 Å². The highest BCUT2D eigenvalue weighted by Gasteiger charge is 2.30. The summed E-state index contributed by atoms with van der Waals surface area (Å²) >= 11 is 0. The predicted molar refractivity (Wildman–Crippen MR) is 173 cm³/mol. The third kappa shape index (κ3) is 3.67. The second kappa shape index (κ2) is 9.66. The third-order valence-corrected chi connectivity index (χ3v) is 8.15. The van der Waals surface area contributed by atoms with Gasteiger partial charge in [0.25, 0.3) is 0 Å². The maximum atomic E-state index is 9.40. The Kier molecular flexibility index (Phi) is 5.52. The number of hydrogen-bond donors (Lipinski definition) is 0. The molecule has 6 aromatic carbocycles. The van der Waals surface area contributed by atoms with Crippen LogP contribution in [-0.2, 0) is 0 Å². The van der Waals surface area contributed by atoms with Crippen molar-refractivity contribution in [3.8, 4) is 45.3 Å². The minimum atomic E-state index is 0.663. The molecule has 0 unspecified atom stereocenters. The topological polar surface area (TPSA) is 32.0 Å². The zero-order valence-corrected chi connectivity index (χ0v) is 22.8. The van der Waals surface area contributed by atoms with Crippen LogP contribution in [0.5, 0.6) is 0 Å². The summed E-state index contributed by atoms with van der Waals surface area (Å²) < 4.78 is 2.41. The Balaban J connectivity index is 1.43. The number of anilines is 3. The Hall–Kier alpha value is -5.85. The van der Waals surface area contributed by atoms with Crippen molar-refractivity contribution in [2.24, 2.45) is 0 Å². The Morgan fingerprint density at radius 2 is 1.17 bits per heavy atom. The lowest BCUT2D eigenvalue weighted by Gasteiger charge is -2.27. The molecular formula is C39H25N3. The van der Waals surface area contributed by atoms with Crippen LogP contribution in [0.2, 0.25) is 0 Å². The van der Waals surface area contributed by atoms with E-state index in [1.807, 2.05) is 18.2 Å². The first-order valence-corrected chi connectivity index (χ1v) is 14.1. The number of nitrogens with zero attached hydrogens (tertiary/aromatic N) is 3. The van der Waals surface area contributed by atoms with Crippen LogP contribution in [0.4, 0.5) is 17.1 Å². The van der Waals surface area contributed by atoms with Gasteiger partial charge in [0.15, 0.2) is 0 Å². The minimum Gasteiger partial charge on any atom is -0.309 e. The van der Waals surface area contributed by atoms with Gasteiger partial charge in [-0.05, 0) is 65.7 Å². The molecule has 0 N–H and O–H groups in total. The number of benzene rings is 6. The molecule has 0 amide bonds. The lowest BCUT2D eigenvalue weighted by molar-refractivity contribution is 1.13. The summed E-state index contributed by atoms with van der Waals surface area (Å²) in [5, 5.41) is 10.6. The molecule has 2 heterocycles. The van der Waals surface area contributed by atoms with Crippen molar-refractivity contribution in [1.82, 2.24) is 4.57 Å². The fraction of sp³-hybridized carbons (Fsp3) is 0. The predicted octanol–water partition coefficient (Wildman–Crippen LogP) is 10.3. The van der Waals surface area contributed by atoms with E-state index in [0.717, 1.165) is 33.9 Å². The Morgan fingerprint density at radius 1 is 0.500 bits per heavy atom. The standard InChI is InChI=1S/C39H25N3/c40-26-27-11-10-12-29(25-27)28-21-23-31(24-22-28)42-36-19-8-5-16-33(36)38-32-15-4-7-18-35(32)41(30-13-2-1-3-14-30)37-20-9-6-17-34(37)39(38)42/h1-25H. The molecule has 0 radical (unpaired) electrons. The summed E-state index contributed by atoms with van der Waals surface area (Å²) in [4.78, 5) is 2.38. The zero-order chi connectivity index (χ0) is 28.0. The van der Waals surface area contributed by atoms with Crippen LogP contribution < -0.4 is 4.90 Å². The summed E-state index contributed by atoms with van der Waals surface area (Å²) in [5.74, 6) is 0. The van der Waals surface area contributed by atoms with E-state index < -0.39 is 0 Å². The maximum Gasteiger partial charge on any atom is 0.0991 e. The summed E-state index contributed by atoms with van der Waals surface area (Å²) in [7, 11) is 0. The molecule has 7 aromatic rings. The second-order valence-electron chi connectivity index (χ2n) is 10.5. The summed E-state index contributed by atoms with van der Waals surface area (Å²) in [5.41, 5.74) is 13.3. The summed E-state index contributed by atoms with van der Waals surface area (Å²) in [6.45, 7) is 0. The van der Waals surface area contributed by atoms with Crippen LogP contribution in [0.25, 0.3) is 50.1 Å². The zero-order valence-electron chi connectivity index (χ0n) is 22.8. The van der Waals surface area contributed by atoms with Crippen molar-refractivity contribution in [1.29, 1.82) is 5.26 Å². The van der Waals surface area contributed by atoms with Gasteiger partial charge in [-0.2, -0.15) is 5.26 Å². The highest BCUT2D eigenvalue weighted by atomic mass is 15.2. The number of fused-ring (bicyclic) bond motifs is 7. The maximum absolute atomic E-state index is 9.40. The number of aromatic nitrogens is 1. The normalized spacial score (nSPS) is 11.7. The van der Waals surface area contributed by atoms with Gasteiger partial charge in [-0.1, -0.05) is 97.1 Å². The molecule has 0 fully saturated rings. The Morgan fingerprint density at radius 3 is 1.95 bits per heavy atom. The largest absolute Gasteiger partial charge is 0.309 e. The number of para-hydroxylation sites is 4. The van der Waals surface area contributed by atoms with Crippen LogP contribution in [0.1, 0.15) is 5.56 Å². The third-order valence-electron chi connectivity index (χ3n) is 8.15. The molecule has 3 heteroatoms. The molecule has 0 bridgehead atoms. The van der Waals surface area contributed by atoms with Crippen molar-refractivity contribution >= 4 is 28.0 Å². The van der Waals surface area contributed by atoms with E-state index in [1.54, 1.807) is 0 Å². The average molecular weight is 536 g/mol. The van der Waals surface area contributed by atoms with E-state index >= 15 is 0 Å². The average Bonchev–Trinajstić information content (AvgIpc) is 3.34. The van der Waals surface area contributed by atoms with Gasteiger partial charge in [-0.3, -0.25) is 0 Å². The summed E-state index contributed by atoms with van der Waals surface area (Å²) in [6.07, 6.45) is 0. The number of hydrogen-bond acceptors (Lipinski definition) is 2. The molecule has 0 aliphatic carbocycles. The lowest BCUT2D eigenvalue weighted by atomic mass is 9.98.